The Morgan fingerprint density at radius 1 is 1.40 bits per heavy atom. The lowest BCUT2D eigenvalue weighted by Gasteiger charge is -2.43. The van der Waals surface area contributed by atoms with Gasteiger partial charge >= 0.3 is 0 Å². The summed E-state index contributed by atoms with van der Waals surface area (Å²) in [6.07, 6.45) is 5.86. The van der Waals surface area contributed by atoms with E-state index in [0.29, 0.717) is 9.99 Å². The van der Waals surface area contributed by atoms with Gasteiger partial charge in [0.2, 0.25) is 0 Å². The highest BCUT2D eigenvalue weighted by Gasteiger charge is 2.49. The SMILES string of the molecule is COC1CC2(C=Nc3cnc4cc(F)c(Br)cc4c32)C1. The number of aliphatic imine (C=N–C) groups is 1. The minimum Gasteiger partial charge on any atom is -0.381 e. The molecule has 1 aromatic heterocycles. The maximum Gasteiger partial charge on any atom is 0.139 e. The topological polar surface area (TPSA) is 34.5 Å². The number of halogens is 2. The Hall–Kier alpha value is -1.33. The number of hydrogen-bond acceptors (Lipinski definition) is 3. The predicted octanol–water partition coefficient (Wildman–Crippen LogP) is 3.90. The average Bonchev–Trinajstić information content (AvgIpc) is 2.78. The van der Waals surface area contributed by atoms with Crippen LogP contribution in [0.25, 0.3) is 10.9 Å². The second-order valence-electron chi connectivity index (χ2n) is 5.48. The summed E-state index contributed by atoms with van der Waals surface area (Å²) < 4.78 is 19.5. The fraction of sp³-hybridized carbons (Fsp3) is 0.333. The van der Waals surface area contributed by atoms with E-state index in [9.17, 15) is 4.39 Å². The van der Waals surface area contributed by atoms with Crippen molar-refractivity contribution in [3.63, 3.8) is 0 Å². The van der Waals surface area contributed by atoms with E-state index in [4.69, 9.17) is 4.74 Å². The Balaban J connectivity index is 1.94. The molecule has 0 unspecified atom stereocenters. The summed E-state index contributed by atoms with van der Waals surface area (Å²) in [4.78, 5) is 8.81. The van der Waals surface area contributed by atoms with Crippen molar-refractivity contribution in [3.05, 3.63) is 34.2 Å². The van der Waals surface area contributed by atoms with E-state index in [2.05, 4.69) is 25.9 Å². The smallest absolute Gasteiger partial charge is 0.139 e. The first-order valence-corrected chi connectivity index (χ1v) is 7.28. The molecule has 0 saturated heterocycles. The first-order chi connectivity index (χ1) is 9.63. The number of hydrogen-bond donors (Lipinski definition) is 0. The quantitative estimate of drug-likeness (QED) is 0.792. The molecule has 2 aliphatic rings. The summed E-state index contributed by atoms with van der Waals surface area (Å²) in [5, 5.41) is 0.975. The molecule has 0 radical (unpaired) electrons. The number of aromatic nitrogens is 1. The summed E-state index contributed by atoms with van der Waals surface area (Å²) in [5.74, 6) is -0.290. The van der Waals surface area contributed by atoms with Gasteiger partial charge in [0.15, 0.2) is 0 Å². The molecule has 1 aromatic carbocycles. The standard InChI is InChI=1S/C15H12BrFN2O/c1-20-8-4-15(5-8)7-19-13-6-18-12-3-11(17)10(16)2-9(12)14(13)15/h2-3,6-8H,4-5H2,1H3. The number of ether oxygens (including phenoxy) is 1. The van der Waals surface area contributed by atoms with Crippen LogP contribution in [0.2, 0.25) is 0 Å². The van der Waals surface area contributed by atoms with Crippen molar-refractivity contribution in [1.29, 1.82) is 0 Å². The number of fused-ring (bicyclic) bond motifs is 4. The molecule has 2 aromatic rings. The van der Waals surface area contributed by atoms with Gasteiger partial charge in [-0.3, -0.25) is 9.98 Å². The Morgan fingerprint density at radius 3 is 2.95 bits per heavy atom. The van der Waals surface area contributed by atoms with E-state index in [1.54, 1.807) is 13.3 Å². The van der Waals surface area contributed by atoms with Crippen LogP contribution < -0.4 is 0 Å². The molecule has 1 aliphatic carbocycles. The van der Waals surface area contributed by atoms with Crippen LogP contribution in [0.1, 0.15) is 18.4 Å². The van der Waals surface area contributed by atoms with E-state index in [1.807, 2.05) is 12.3 Å². The predicted molar refractivity (Wildman–Crippen MR) is 79.3 cm³/mol. The zero-order chi connectivity index (χ0) is 13.9. The van der Waals surface area contributed by atoms with Crippen LogP contribution in [0.4, 0.5) is 10.1 Å². The van der Waals surface area contributed by atoms with Gasteiger partial charge in [0.05, 0.1) is 28.0 Å². The maximum atomic E-state index is 13.7. The van der Waals surface area contributed by atoms with Gasteiger partial charge in [-0.15, -0.1) is 0 Å². The second-order valence-corrected chi connectivity index (χ2v) is 6.34. The molecular formula is C15H12BrFN2O. The second kappa shape index (κ2) is 4.09. The summed E-state index contributed by atoms with van der Waals surface area (Å²) in [6.45, 7) is 0. The molecule has 1 fully saturated rings. The van der Waals surface area contributed by atoms with Gasteiger partial charge in [-0.1, -0.05) is 0 Å². The molecular weight excluding hydrogens is 323 g/mol. The van der Waals surface area contributed by atoms with Crippen LogP contribution in [0.15, 0.2) is 27.8 Å². The van der Waals surface area contributed by atoms with Gasteiger partial charge < -0.3 is 4.74 Å². The molecule has 0 bridgehead atoms. The molecule has 0 atom stereocenters. The zero-order valence-electron chi connectivity index (χ0n) is 10.9. The maximum absolute atomic E-state index is 13.7. The number of methoxy groups -OCH3 is 1. The molecule has 1 saturated carbocycles. The first kappa shape index (κ1) is 12.4. The van der Waals surface area contributed by atoms with Crippen LogP contribution >= 0.6 is 15.9 Å². The third kappa shape index (κ3) is 1.53. The van der Waals surface area contributed by atoms with E-state index in [-0.39, 0.29) is 17.3 Å². The van der Waals surface area contributed by atoms with Crippen molar-refractivity contribution in [2.45, 2.75) is 24.4 Å². The van der Waals surface area contributed by atoms with E-state index < -0.39 is 0 Å². The summed E-state index contributed by atoms with van der Waals surface area (Å²) in [6, 6.07) is 3.28. The highest BCUT2D eigenvalue weighted by molar-refractivity contribution is 9.10. The van der Waals surface area contributed by atoms with Crippen molar-refractivity contribution in [2.75, 3.05) is 7.11 Å². The van der Waals surface area contributed by atoms with Crippen molar-refractivity contribution < 1.29 is 9.13 Å². The fourth-order valence-corrected chi connectivity index (χ4v) is 3.63. The Labute approximate surface area is 124 Å². The molecule has 1 aliphatic heterocycles. The molecule has 2 heterocycles. The van der Waals surface area contributed by atoms with Gasteiger partial charge in [-0.25, -0.2) is 4.39 Å². The highest BCUT2D eigenvalue weighted by atomic mass is 79.9. The number of pyridine rings is 1. The first-order valence-electron chi connectivity index (χ1n) is 6.49. The van der Waals surface area contributed by atoms with Crippen LogP contribution in [-0.4, -0.2) is 24.4 Å². The molecule has 3 nitrogen and oxygen atoms in total. The lowest BCUT2D eigenvalue weighted by molar-refractivity contribution is 0.00977. The highest BCUT2D eigenvalue weighted by Crippen LogP contribution is 2.52. The zero-order valence-corrected chi connectivity index (χ0v) is 12.4. The summed E-state index contributed by atoms with van der Waals surface area (Å²) in [5.41, 5.74) is 2.67. The van der Waals surface area contributed by atoms with Gasteiger partial charge in [0.25, 0.3) is 0 Å². The van der Waals surface area contributed by atoms with E-state index in [0.717, 1.165) is 29.5 Å². The Bertz CT molecular complexity index is 753. The normalized spacial score (nSPS) is 27.1. The lowest BCUT2D eigenvalue weighted by Crippen LogP contribution is -2.45. The van der Waals surface area contributed by atoms with Gasteiger partial charge in [0.1, 0.15) is 5.82 Å². The van der Waals surface area contributed by atoms with Crippen molar-refractivity contribution in [1.82, 2.24) is 4.98 Å². The van der Waals surface area contributed by atoms with Crippen LogP contribution in [-0.2, 0) is 10.2 Å². The van der Waals surface area contributed by atoms with E-state index in [1.165, 1.54) is 6.07 Å². The Morgan fingerprint density at radius 2 is 2.20 bits per heavy atom. The summed E-state index contributed by atoms with van der Waals surface area (Å²) >= 11 is 3.26. The van der Waals surface area contributed by atoms with Crippen molar-refractivity contribution in [2.24, 2.45) is 4.99 Å². The largest absolute Gasteiger partial charge is 0.381 e. The monoisotopic (exact) mass is 334 g/mol. The minimum atomic E-state index is -0.290. The molecule has 4 rings (SSSR count). The molecule has 1 spiro atoms. The van der Waals surface area contributed by atoms with Crippen molar-refractivity contribution >= 4 is 38.7 Å². The molecule has 0 N–H and O–H groups in total. The fourth-order valence-electron chi connectivity index (χ4n) is 3.28. The molecule has 5 heteroatoms. The van der Waals surface area contributed by atoms with Gasteiger partial charge in [-0.2, -0.15) is 0 Å². The third-order valence-electron chi connectivity index (χ3n) is 4.36. The van der Waals surface area contributed by atoms with Crippen LogP contribution in [0, 0.1) is 5.82 Å². The number of nitrogens with zero attached hydrogens (tertiary/aromatic N) is 2. The van der Waals surface area contributed by atoms with Gasteiger partial charge in [-0.05, 0) is 34.8 Å². The Kier molecular flexibility index (Phi) is 2.54. The van der Waals surface area contributed by atoms with E-state index >= 15 is 0 Å². The molecule has 0 amide bonds. The van der Waals surface area contributed by atoms with Crippen LogP contribution in [0.3, 0.4) is 0 Å². The number of rotatable bonds is 1. The van der Waals surface area contributed by atoms with Gasteiger partial charge in [0, 0.05) is 35.8 Å². The summed E-state index contributed by atoms with van der Waals surface area (Å²) in [7, 11) is 1.74. The lowest BCUT2D eigenvalue weighted by atomic mass is 9.63. The van der Waals surface area contributed by atoms with Crippen LogP contribution in [0.5, 0.6) is 0 Å². The molecule has 102 valence electrons. The minimum absolute atomic E-state index is 0.0610. The third-order valence-corrected chi connectivity index (χ3v) is 4.96. The number of benzene rings is 1. The average molecular weight is 335 g/mol. The molecule has 20 heavy (non-hydrogen) atoms. The van der Waals surface area contributed by atoms with Crippen molar-refractivity contribution in [3.8, 4) is 0 Å².